The quantitative estimate of drug-likeness (QED) is 0.174. The Bertz CT molecular complexity index is 3410. The van der Waals surface area contributed by atoms with Crippen LogP contribution in [0.25, 0.3) is 86.3 Å². The summed E-state index contributed by atoms with van der Waals surface area (Å²) in [4.78, 5) is 2.40. The Hall–Kier alpha value is -6.94. The van der Waals surface area contributed by atoms with Gasteiger partial charge in [-0.2, -0.15) is 0 Å². The molecule has 0 bridgehead atoms. The molecular formula is C55H37NOS. The van der Waals surface area contributed by atoms with Gasteiger partial charge in [0.05, 0.1) is 0 Å². The van der Waals surface area contributed by atoms with Gasteiger partial charge in [0.25, 0.3) is 0 Å². The molecule has 11 aromatic rings. The highest BCUT2D eigenvalue weighted by Crippen LogP contribution is 2.51. The molecule has 0 atom stereocenters. The molecule has 3 heteroatoms. The number of rotatable bonds is 5. The number of hydrogen-bond acceptors (Lipinski definition) is 3. The lowest BCUT2D eigenvalue weighted by Crippen LogP contribution is -2.16. The third-order valence-electron chi connectivity index (χ3n) is 12.5. The number of hydrogen-bond donors (Lipinski definition) is 0. The SMILES string of the molecule is CC1(C)c2ccccc2-c2ccc(N(c3ccc(-c4ccccc4)cc3)c3ccc(-c4ccc5c(c4)sc4c6ccccc6c6c7ccccc7oc6c54)cc3)cc21. The van der Waals surface area contributed by atoms with Crippen LogP contribution in [0.4, 0.5) is 17.1 Å². The minimum atomic E-state index is -0.0949. The van der Waals surface area contributed by atoms with Crippen LogP contribution >= 0.6 is 11.3 Å². The summed E-state index contributed by atoms with van der Waals surface area (Å²) in [6.07, 6.45) is 0. The van der Waals surface area contributed by atoms with E-state index >= 15 is 0 Å². The standard InChI is InChI=1S/C55H37NOS/c1-55(2)47-18-10-8-14-41(47)42-31-29-40(33-48(42)55)56(38-25-20-35(21-26-38)34-12-4-3-5-13-34)39-27-22-36(23-28-39)37-24-30-46-50(32-37)58-54-44-16-7-6-15-43(44)51-45-17-9-11-19-49(45)57-53(51)52(46)54/h3-33H,1-2H3. The molecule has 0 spiro atoms. The second-order valence-corrected chi connectivity index (χ2v) is 17.1. The average molecular weight is 760 g/mol. The van der Waals surface area contributed by atoms with Crippen molar-refractivity contribution in [2.45, 2.75) is 19.3 Å². The molecule has 12 rings (SSSR count). The van der Waals surface area contributed by atoms with Gasteiger partial charge in [-0.05, 0) is 98.4 Å². The summed E-state index contributed by atoms with van der Waals surface area (Å²) in [6, 6.07) is 68.7. The lowest BCUT2D eigenvalue weighted by atomic mass is 9.82. The second-order valence-electron chi connectivity index (χ2n) is 16.1. The van der Waals surface area contributed by atoms with Crippen molar-refractivity contribution in [1.82, 2.24) is 0 Å². The summed E-state index contributed by atoms with van der Waals surface area (Å²) >= 11 is 1.86. The van der Waals surface area contributed by atoms with Crippen molar-refractivity contribution >= 4 is 81.3 Å². The molecule has 1 aliphatic rings. The van der Waals surface area contributed by atoms with Crippen molar-refractivity contribution in [3.05, 3.63) is 199 Å². The van der Waals surface area contributed by atoms with E-state index in [1.54, 1.807) is 0 Å². The van der Waals surface area contributed by atoms with E-state index in [4.69, 9.17) is 4.42 Å². The largest absolute Gasteiger partial charge is 0.455 e. The van der Waals surface area contributed by atoms with E-state index in [-0.39, 0.29) is 5.41 Å². The fourth-order valence-electron chi connectivity index (χ4n) is 9.59. The smallest absolute Gasteiger partial charge is 0.145 e. The minimum absolute atomic E-state index is 0.0949. The van der Waals surface area contributed by atoms with Crippen LogP contribution < -0.4 is 4.90 Å². The lowest BCUT2D eigenvalue weighted by Gasteiger charge is -2.28. The molecule has 2 nitrogen and oxygen atoms in total. The van der Waals surface area contributed by atoms with Gasteiger partial charge < -0.3 is 9.32 Å². The summed E-state index contributed by atoms with van der Waals surface area (Å²) < 4.78 is 9.18. The zero-order valence-corrected chi connectivity index (χ0v) is 33.0. The predicted molar refractivity (Wildman–Crippen MR) is 247 cm³/mol. The lowest BCUT2D eigenvalue weighted by molar-refractivity contribution is 0.660. The van der Waals surface area contributed by atoms with Gasteiger partial charge in [-0.25, -0.2) is 0 Å². The molecule has 9 aromatic carbocycles. The van der Waals surface area contributed by atoms with Crippen LogP contribution in [0.3, 0.4) is 0 Å². The van der Waals surface area contributed by atoms with Crippen LogP contribution in [0, 0.1) is 0 Å². The van der Waals surface area contributed by atoms with E-state index < -0.39 is 0 Å². The maximum Gasteiger partial charge on any atom is 0.145 e. The van der Waals surface area contributed by atoms with Crippen LogP contribution in [-0.4, -0.2) is 0 Å². The minimum Gasteiger partial charge on any atom is -0.455 e. The van der Waals surface area contributed by atoms with E-state index in [9.17, 15) is 0 Å². The van der Waals surface area contributed by atoms with Gasteiger partial charge in [0.1, 0.15) is 11.2 Å². The maximum atomic E-state index is 6.65. The van der Waals surface area contributed by atoms with Gasteiger partial charge in [0.15, 0.2) is 0 Å². The molecule has 0 radical (unpaired) electrons. The highest BCUT2D eigenvalue weighted by Gasteiger charge is 2.35. The Balaban J connectivity index is 0.970. The number of nitrogens with zero attached hydrogens (tertiary/aromatic N) is 1. The molecule has 0 fully saturated rings. The Labute approximate surface area is 340 Å². The van der Waals surface area contributed by atoms with Gasteiger partial charge in [-0.1, -0.05) is 153 Å². The van der Waals surface area contributed by atoms with Gasteiger partial charge >= 0.3 is 0 Å². The van der Waals surface area contributed by atoms with Gasteiger partial charge in [-0.3, -0.25) is 0 Å². The van der Waals surface area contributed by atoms with Gasteiger partial charge in [-0.15, -0.1) is 11.3 Å². The monoisotopic (exact) mass is 759 g/mol. The molecule has 2 aromatic heterocycles. The van der Waals surface area contributed by atoms with Crippen molar-refractivity contribution in [1.29, 1.82) is 0 Å². The first kappa shape index (κ1) is 33.2. The first-order valence-electron chi connectivity index (χ1n) is 20.0. The molecule has 58 heavy (non-hydrogen) atoms. The Morgan fingerprint density at radius 2 is 1.02 bits per heavy atom. The molecule has 0 saturated heterocycles. The highest BCUT2D eigenvalue weighted by molar-refractivity contribution is 7.27. The molecule has 0 saturated carbocycles. The summed E-state index contributed by atoms with van der Waals surface area (Å²) in [7, 11) is 0. The summed E-state index contributed by atoms with van der Waals surface area (Å²) in [5, 5.41) is 7.34. The van der Waals surface area contributed by atoms with Gasteiger partial charge in [0.2, 0.25) is 0 Å². The summed E-state index contributed by atoms with van der Waals surface area (Å²) in [5.41, 5.74) is 15.4. The zero-order valence-electron chi connectivity index (χ0n) is 32.2. The van der Waals surface area contributed by atoms with Crippen LogP contribution in [0.15, 0.2) is 192 Å². The number of anilines is 3. The van der Waals surface area contributed by atoms with E-state index in [0.717, 1.165) is 28.2 Å². The van der Waals surface area contributed by atoms with Crippen molar-refractivity contribution < 1.29 is 4.42 Å². The maximum absolute atomic E-state index is 6.65. The van der Waals surface area contributed by atoms with Crippen molar-refractivity contribution in [3.8, 4) is 33.4 Å². The molecule has 0 aliphatic heterocycles. The average Bonchev–Trinajstić information content (AvgIpc) is 3.93. The number of benzene rings is 9. The van der Waals surface area contributed by atoms with Crippen LogP contribution in [-0.2, 0) is 5.41 Å². The van der Waals surface area contributed by atoms with E-state index in [1.165, 1.54) is 86.2 Å². The molecule has 274 valence electrons. The van der Waals surface area contributed by atoms with Crippen LogP contribution in [0.5, 0.6) is 0 Å². The van der Waals surface area contributed by atoms with Crippen LogP contribution in [0.2, 0.25) is 0 Å². The summed E-state index contributed by atoms with van der Waals surface area (Å²) in [6.45, 7) is 4.70. The topological polar surface area (TPSA) is 16.4 Å². The fraction of sp³-hybridized carbons (Fsp3) is 0.0545. The van der Waals surface area contributed by atoms with E-state index in [2.05, 4.69) is 207 Å². The predicted octanol–water partition coefficient (Wildman–Crippen LogP) is 16.2. The van der Waals surface area contributed by atoms with Crippen molar-refractivity contribution in [3.63, 3.8) is 0 Å². The molecule has 0 N–H and O–H groups in total. The first-order valence-corrected chi connectivity index (χ1v) is 20.8. The fourth-order valence-corrected chi connectivity index (χ4v) is 10.9. The Morgan fingerprint density at radius 3 is 1.79 bits per heavy atom. The van der Waals surface area contributed by atoms with E-state index in [0.29, 0.717) is 0 Å². The van der Waals surface area contributed by atoms with Gasteiger partial charge in [0, 0.05) is 58.8 Å². The third kappa shape index (κ3) is 4.90. The van der Waals surface area contributed by atoms with Crippen molar-refractivity contribution in [2.75, 3.05) is 4.90 Å². The Morgan fingerprint density at radius 1 is 0.431 bits per heavy atom. The Kier molecular flexibility index (Phi) is 7.18. The number of furan rings is 1. The number of para-hydroxylation sites is 1. The zero-order chi connectivity index (χ0) is 38.5. The summed E-state index contributed by atoms with van der Waals surface area (Å²) in [5.74, 6) is 0. The highest BCUT2D eigenvalue weighted by atomic mass is 32.1. The number of thiophene rings is 1. The van der Waals surface area contributed by atoms with Crippen LogP contribution in [0.1, 0.15) is 25.0 Å². The molecule has 0 amide bonds. The normalized spacial score (nSPS) is 13.1. The van der Waals surface area contributed by atoms with Crippen molar-refractivity contribution in [2.24, 2.45) is 0 Å². The third-order valence-corrected chi connectivity index (χ3v) is 13.7. The first-order chi connectivity index (χ1) is 28.5. The molecule has 0 unspecified atom stereocenters. The second kappa shape index (κ2) is 12.5. The van der Waals surface area contributed by atoms with E-state index in [1.807, 2.05) is 11.3 Å². The molecule has 2 heterocycles. The molecule has 1 aliphatic carbocycles. The number of fused-ring (bicyclic) bond motifs is 13. The molecular weight excluding hydrogens is 723 g/mol.